The third-order valence-electron chi connectivity index (χ3n) is 5.33. The largest absolute Gasteiger partial charge is 0.497 e. The van der Waals surface area contributed by atoms with E-state index in [1.165, 1.54) is 0 Å². The van der Waals surface area contributed by atoms with E-state index in [1.54, 1.807) is 43.1 Å². The summed E-state index contributed by atoms with van der Waals surface area (Å²) in [5.74, 6) is 1.70. The van der Waals surface area contributed by atoms with Gasteiger partial charge in [0.25, 0.3) is 0 Å². The second-order valence-corrected chi connectivity index (χ2v) is 8.80. The number of hydrogen-bond acceptors (Lipinski definition) is 6. The second kappa shape index (κ2) is 10.3. The van der Waals surface area contributed by atoms with E-state index in [0.717, 1.165) is 47.3 Å². The smallest absolute Gasteiger partial charge is 0.387 e. The van der Waals surface area contributed by atoms with Crippen molar-refractivity contribution >= 4 is 11.8 Å². The van der Waals surface area contributed by atoms with E-state index in [4.69, 9.17) is 9.47 Å². The lowest BCUT2D eigenvalue weighted by Gasteiger charge is -2.17. The van der Waals surface area contributed by atoms with Gasteiger partial charge in [0.15, 0.2) is 11.0 Å². The molecule has 1 aliphatic rings. The van der Waals surface area contributed by atoms with Gasteiger partial charge in [0, 0.05) is 17.4 Å². The fourth-order valence-electron chi connectivity index (χ4n) is 3.63. The van der Waals surface area contributed by atoms with Crippen molar-refractivity contribution in [2.75, 3.05) is 13.7 Å². The Kier molecular flexibility index (Phi) is 7.26. The van der Waals surface area contributed by atoms with Gasteiger partial charge in [0.2, 0.25) is 0 Å². The standard InChI is InChI=1S/C23H25F2N3O3S/c1-15(16-5-11-19(12-6-16)31-22(24)25)32-23-27-26-21(17-7-9-18(29-2)10-8-17)28(23)14-20-4-3-13-30-20/h5-12,15,20,22H,3-4,13-14H2,1-2H3. The maximum Gasteiger partial charge on any atom is 0.387 e. The first-order chi connectivity index (χ1) is 15.5. The van der Waals surface area contributed by atoms with Gasteiger partial charge in [-0.05, 0) is 61.7 Å². The summed E-state index contributed by atoms with van der Waals surface area (Å²) in [5.41, 5.74) is 1.93. The summed E-state index contributed by atoms with van der Waals surface area (Å²) >= 11 is 1.57. The highest BCUT2D eigenvalue weighted by Crippen LogP contribution is 2.37. The van der Waals surface area contributed by atoms with E-state index < -0.39 is 6.61 Å². The van der Waals surface area contributed by atoms with Gasteiger partial charge in [-0.25, -0.2) is 0 Å². The average molecular weight is 462 g/mol. The Morgan fingerprint density at radius 1 is 1.09 bits per heavy atom. The monoisotopic (exact) mass is 461 g/mol. The molecule has 1 saturated heterocycles. The maximum absolute atomic E-state index is 12.4. The minimum atomic E-state index is -2.83. The van der Waals surface area contributed by atoms with Crippen molar-refractivity contribution in [3.63, 3.8) is 0 Å². The lowest BCUT2D eigenvalue weighted by molar-refractivity contribution is -0.0498. The molecule has 0 spiro atoms. The lowest BCUT2D eigenvalue weighted by Crippen LogP contribution is -2.16. The Hall–Kier alpha value is -2.65. The third-order valence-corrected chi connectivity index (χ3v) is 6.47. The molecular formula is C23H25F2N3O3S. The predicted molar refractivity (Wildman–Crippen MR) is 118 cm³/mol. The summed E-state index contributed by atoms with van der Waals surface area (Å²) in [7, 11) is 1.64. The molecule has 6 nitrogen and oxygen atoms in total. The van der Waals surface area contributed by atoms with Crippen LogP contribution in [0.3, 0.4) is 0 Å². The average Bonchev–Trinajstić information content (AvgIpc) is 3.45. The van der Waals surface area contributed by atoms with Crippen LogP contribution < -0.4 is 9.47 Å². The van der Waals surface area contributed by atoms with Gasteiger partial charge in [-0.3, -0.25) is 4.57 Å². The Morgan fingerprint density at radius 3 is 2.44 bits per heavy atom. The summed E-state index contributed by atoms with van der Waals surface area (Å²) in [6.07, 6.45) is 2.19. The highest BCUT2D eigenvalue weighted by molar-refractivity contribution is 7.99. The molecule has 0 radical (unpaired) electrons. The zero-order chi connectivity index (χ0) is 22.5. The fraction of sp³-hybridized carbons (Fsp3) is 0.391. The first kappa shape index (κ1) is 22.5. The zero-order valence-electron chi connectivity index (χ0n) is 17.9. The molecule has 4 rings (SSSR count). The minimum Gasteiger partial charge on any atom is -0.497 e. The van der Waals surface area contributed by atoms with Crippen LogP contribution in [-0.2, 0) is 11.3 Å². The molecule has 0 N–H and O–H groups in total. The molecule has 1 aromatic heterocycles. The van der Waals surface area contributed by atoms with Crippen LogP contribution in [-0.4, -0.2) is 41.2 Å². The molecule has 32 heavy (non-hydrogen) atoms. The van der Waals surface area contributed by atoms with Gasteiger partial charge in [-0.2, -0.15) is 8.78 Å². The van der Waals surface area contributed by atoms with E-state index in [-0.39, 0.29) is 17.1 Å². The van der Waals surface area contributed by atoms with Crippen molar-refractivity contribution < 1.29 is 23.0 Å². The van der Waals surface area contributed by atoms with Gasteiger partial charge in [0.1, 0.15) is 11.5 Å². The molecule has 1 fully saturated rings. The Balaban J connectivity index is 1.57. The number of halogens is 2. The number of methoxy groups -OCH3 is 1. The predicted octanol–water partition coefficient (Wildman–Crippen LogP) is 5.59. The first-order valence-corrected chi connectivity index (χ1v) is 11.3. The molecule has 9 heteroatoms. The SMILES string of the molecule is COc1ccc(-c2nnc(SC(C)c3ccc(OC(F)F)cc3)n2CC2CCCO2)cc1. The van der Waals surface area contributed by atoms with Crippen LogP contribution in [0, 0.1) is 0 Å². The highest BCUT2D eigenvalue weighted by atomic mass is 32.2. The van der Waals surface area contributed by atoms with Gasteiger partial charge in [-0.1, -0.05) is 23.9 Å². The number of alkyl halides is 2. The summed E-state index contributed by atoms with van der Waals surface area (Å²) in [5, 5.41) is 9.75. The van der Waals surface area contributed by atoms with Gasteiger partial charge in [0.05, 0.1) is 19.8 Å². The number of nitrogens with zero attached hydrogens (tertiary/aromatic N) is 3. The molecular weight excluding hydrogens is 436 g/mol. The summed E-state index contributed by atoms with van der Waals surface area (Å²) in [4.78, 5) is 0. The summed E-state index contributed by atoms with van der Waals surface area (Å²) in [6, 6.07) is 14.4. The van der Waals surface area contributed by atoms with E-state index in [9.17, 15) is 8.78 Å². The van der Waals surface area contributed by atoms with Crippen molar-refractivity contribution in [2.24, 2.45) is 0 Å². The van der Waals surface area contributed by atoms with E-state index in [2.05, 4.69) is 19.5 Å². The van der Waals surface area contributed by atoms with Crippen LogP contribution in [0.5, 0.6) is 11.5 Å². The van der Waals surface area contributed by atoms with Crippen LogP contribution in [0.2, 0.25) is 0 Å². The van der Waals surface area contributed by atoms with Crippen molar-refractivity contribution in [1.29, 1.82) is 0 Å². The molecule has 2 atom stereocenters. The quantitative estimate of drug-likeness (QED) is 0.387. The number of benzene rings is 2. The maximum atomic E-state index is 12.4. The molecule has 0 bridgehead atoms. The zero-order valence-corrected chi connectivity index (χ0v) is 18.7. The Bertz CT molecular complexity index is 1010. The molecule has 1 aliphatic heterocycles. The van der Waals surface area contributed by atoms with Crippen LogP contribution in [0.25, 0.3) is 11.4 Å². The van der Waals surface area contributed by atoms with Crippen LogP contribution in [0.4, 0.5) is 8.78 Å². The van der Waals surface area contributed by atoms with Crippen molar-refractivity contribution in [2.45, 2.75) is 49.4 Å². The van der Waals surface area contributed by atoms with Crippen molar-refractivity contribution in [1.82, 2.24) is 14.8 Å². The van der Waals surface area contributed by atoms with Crippen LogP contribution in [0.15, 0.2) is 53.7 Å². The van der Waals surface area contributed by atoms with Crippen molar-refractivity contribution in [3.05, 3.63) is 54.1 Å². The molecule has 0 amide bonds. The van der Waals surface area contributed by atoms with E-state index in [1.807, 2.05) is 31.2 Å². The topological polar surface area (TPSA) is 58.4 Å². The number of thioether (sulfide) groups is 1. The minimum absolute atomic E-state index is 0.0340. The van der Waals surface area contributed by atoms with Gasteiger partial charge in [-0.15, -0.1) is 10.2 Å². The molecule has 170 valence electrons. The summed E-state index contributed by atoms with van der Waals surface area (Å²) < 4.78 is 42.5. The molecule has 2 unspecified atom stereocenters. The molecule has 2 heterocycles. The Labute approximate surface area is 189 Å². The number of ether oxygens (including phenoxy) is 3. The number of rotatable bonds is 9. The highest BCUT2D eigenvalue weighted by Gasteiger charge is 2.23. The van der Waals surface area contributed by atoms with Gasteiger partial charge < -0.3 is 14.2 Å². The van der Waals surface area contributed by atoms with Crippen LogP contribution in [0.1, 0.15) is 30.6 Å². The second-order valence-electron chi connectivity index (χ2n) is 7.49. The molecule has 3 aromatic rings. The number of aromatic nitrogens is 3. The molecule has 0 aliphatic carbocycles. The number of hydrogen-bond donors (Lipinski definition) is 0. The fourth-order valence-corrected chi connectivity index (χ4v) is 4.62. The first-order valence-electron chi connectivity index (χ1n) is 10.4. The van der Waals surface area contributed by atoms with Gasteiger partial charge >= 0.3 is 6.61 Å². The molecule has 2 aromatic carbocycles. The van der Waals surface area contributed by atoms with E-state index >= 15 is 0 Å². The normalized spacial score (nSPS) is 17.0. The van der Waals surface area contributed by atoms with Crippen molar-refractivity contribution in [3.8, 4) is 22.9 Å². The van der Waals surface area contributed by atoms with E-state index in [0.29, 0.717) is 6.54 Å². The summed E-state index contributed by atoms with van der Waals surface area (Å²) in [6.45, 7) is 0.660. The molecule has 0 saturated carbocycles. The lowest BCUT2D eigenvalue weighted by atomic mass is 10.2. The Morgan fingerprint density at radius 2 is 1.81 bits per heavy atom. The third kappa shape index (κ3) is 5.39. The van der Waals surface area contributed by atoms with Crippen LogP contribution >= 0.6 is 11.8 Å².